The first-order valence-corrected chi connectivity index (χ1v) is 3.43. The van der Waals surface area contributed by atoms with Gasteiger partial charge in [0.1, 0.15) is 0 Å². The van der Waals surface area contributed by atoms with Crippen LogP contribution in [0.3, 0.4) is 0 Å². The lowest BCUT2D eigenvalue weighted by Gasteiger charge is -1.99. The van der Waals surface area contributed by atoms with Gasteiger partial charge < -0.3 is 5.11 Å². The second-order valence-corrected chi connectivity index (χ2v) is 2.25. The van der Waals surface area contributed by atoms with Crippen LogP contribution in [-0.2, 0) is 6.42 Å². The predicted octanol–water partition coefficient (Wildman–Crippen LogP) is 1.10. The SMILES string of the molecule is OC(F)CCc1[c]nccc1. The van der Waals surface area contributed by atoms with Crippen LogP contribution in [0.25, 0.3) is 0 Å². The molecule has 0 bridgehead atoms. The quantitative estimate of drug-likeness (QED) is 0.707. The van der Waals surface area contributed by atoms with Crippen LogP contribution in [0.15, 0.2) is 18.3 Å². The maximum Gasteiger partial charge on any atom is 0.196 e. The smallest absolute Gasteiger partial charge is 0.196 e. The van der Waals surface area contributed by atoms with Crippen molar-refractivity contribution in [2.45, 2.75) is 19.2 Å². The number of aliphatic hydroxyl groups excluding tert-OH is 1. The zero-order valence-electron chi connectivity index (χ0n) is 6.00. The number of hydrogen-bond acceptors (Lipinski definition) is 2. The fraction of sp³-hybridized carbons (Fsp3) is 0.375. The van der Waals surface area contributed by atoms with E-state index in [1.54, 1.807) is 18.3 Å². The van der Waals surface area contributed by atoms with Crippen molar-refractivity contribution in [2.24, 2.45) is 0 Å². The number of aromatic nitrogens is 1. The highest BCUT2D eigenvalue weighted by molar-refractivity contribution is 5.06. The molecule has 1 aromatic heterocycles. The normalized spacial score (nSPS) is 12.9. The Labute approximate surface area is 64.7 Å². The van der Waals surface area contributed by atoms with Crippen LogP contribution < -0.4 is 0 Å². The van der Waals surface area contributed by atoms with Gasteiger partial charge in [0, 0.05) is 12.6 Å². The first-order chi connectivity index (χ1) is 5.29. The average Bonchev–Trinajstić information content (AvgIpc) is 2.03. The van der Waals surface area contributed by atoms with Crippen LogP contribution in [-0.4, -0.2) is 16.4 Å². The molecule has 0 saturated heterocycles. The van der Waals surface area contributed by atoms with Gasteiger partial charge in [0.2, 0.25) is 0 Å². The molecule has 0 aliphatic heterocycles. The number of pyridine rings is 1. The van der Waals surface area contributed by atoms with Crippen LogP contribution in [0.1, 0.15) is 12.0 Å². The Morgan fingerprint density at radius 3 is 3.09 bits per heavy atom. The number of halogens is 1. The molecule has 0 aliphatic rings. The van der Waals surface area contributed by atoms with Gasteiger partial charge in [0.15, 0.2) is 6.36 Å². The Morgan fingerprint density at radius 2 is 2.55 bits per heavy atom. The van der Waals surface area contributed by atoms with E-state index in [4.69, 9.17) is 5.11 Å². The largest absolute Gasteiger partial charge is 0.364 e. The summed E-state index contributed by atoms with van der Waals surface area (Å²) in [6.07, 6.45) is 3.16. The molecular formula is C8H9FNO. The van der Waals surface area contributed by atoms with Crippen molar-refractivity contribution in [3.05, 3.63) is 30.1 Å². The van der Waals surface area contributed by atoms with Gasteiger partial charge in [-0.1, -0.05) is 6.07 Å². The van der Waals surface area contributed by atoms with E-state index in [0.29, 0.717) is 6.42 Å². The topological polar surface area (TPSA) is 33.1 Å². The summed E-state index contributed by atoms with van der Waals surface area (Å²) in [4.78, 5) is 3.73. The monoisotopic (exact) mass is 154 g/mol. The summed E-state index contributed by atoms with van der Waals surface area (Å²) in [5, 5.41) is 8.31. The number of aliphatic hydroxyl groups is 1. The van der Waals surface area contributed by atoms with E-state index in [-0.39, 0.29) is 6.42 Å². The standard InChI is InChI=1S/C8H9FNO/c9-8(11)4-3-7-2-1-5-10-6-7/h1-2,5,8,11H,3-4H2. The summed E-state index contributed by atoms with van der Waals surface area (Å²) in [6.45, 7) is 0. The summed E-state index contributed by atoms with van der Waals surface area (Å²) >= 11 is 0. The summed E-state index contributed by atoms with van der Waals surface area (Å²) < 4.78 is 11.9. The second-order valence-electron chi connectivity index (χ2n) is 2.25. The van der Waals surface area contributed by atoms with Crippen LogP contribution in [0.4, 0.5) is 4.39 Å². The van der Waals surface area contributed by atoms with Crippen molar-refractivity contribution >= 4 is 0 Å². The van der Waals surface area contributed by atoms with Gasteiger partial charge in [-0.2, -0.15) is 0 Å². The fourth-order valence-corrected chi connectivity index (χ4v) is 0.774. The Kier molecular flexibility index (Phi) is 2.98. The summed E-state index contributed by atoms with van der Waals surface area (Å²) in [5.74, 6) is 0. The molecule has 0 fully saturated rings. The molecule has 0 saturated carbocycles. The maximum absolute atomic E-state index is 11.9. The Hall–Kier alpha value is -0.960. The number of rotatable bonds is 3. The number of nitrogens with zero attached hydrogens (tertiary/aromatic N) is 1. The van der Waals surface area contributed by atoms with E-state index >= 15 is 0 Å². The minimum atomic E-state index is -1.73. The molecule has 0 aromatic carbocycles. The lowest BCUT2D eigenvalue weighted by molar-refractivity contribution is 0.0349. The highest BCUT2D eigenvalue weighted by Gasteiger charge is 2.00. The zero-order valence-corrected chi connectivity index (χ0v) is 6.00. The van der Waals surface area contributed by atoms with E-state index in [1.165, 1.54) is 0 Å². The summed E-state index contributed by atoms with van der Waals surface area (Å²) in [7, 11) is 0. The highest BCUT2D eigenvalue weighted by atomic mass is 19.1. The summed E-state index contributed by atoms with van der Waals surface area (Å²) in [5.41, 5.74) is 0.823. The second kappa shape index (κ2) is 4.03. The first kappa shape index (κ1) is 8.14. The molecule has 1 atom stereocenters. The molecule has 2 nitrogen and oxygen atoms in total. The minimum absolute atomic E-state index is 0.113. The van der Waals surface area contributed by atoms with Crippen molar-refractivity contribution in [3.63, 3.8) is 0 Å². The molecule has 1 radical (unpaired) electrons. The molecular weight excluding hydrogens is 145 g/mol. The third kappa shape index (κ3) is 3.09. The predicted molar refractivity (Wildman–Crippen MR) is 38.5 cm³/mol. The van der Waals surface area contributed by atoms with Gasteiger partial charge in [-0.3, -0.25) is 4.98 Å². The molecule has 11 heavy (non-hydrogen) atoms. The van der Waals surface area contributed by atoms with E-state index < -0.39 is 6.36 Å². The van der Waals surface area contributed by atoms with Crippen LogP contribution in [0, 0.1) is 6.20 Å². The molecule has 0 spiro atoms. The van der Waals surface area contributed by atoms with Gasteiger partial charge in [0.05, 0.1) is 6.20 Å². The van der Waals surface area contributed by atoms with Crippen LogP contribution in [0.5, 0.6) is 0 Å². The van der Waals surface area contributed by atoms with E-state index in [9.17, 15) is 4.39 Å². The Morgan fingerprint density at radius 1 is 1.73 bits per heavy atom. The van der Waals surface area contributed by atoms with E-state index in [0.717, 1.165) is 5.56 Å². The van der Waals surface area contributed by atoms with Crippen molar-refractivity contribution in [1.82, 2.24) is 4.98 Å². The number of alkyl halides is 1. The lowest BCUT2D eigenvalue weighted by atomic mass is 10.2. The van der Waals surface area contributed by atoms with Gasteiger partial charge in [-0.15, -0.1) is 0 Å². The molecule has 1 heterocycles. The van der Waals surface area contributed by atoms with Gasteiger partial charge in [-0.25, -0.2) is 4.39 Å². The van der Waals surface area contributed by atoms with Gasteiger partial charge in [-0.05, 0) is 18.1 Å². The average molecular weight is 154 g/mol. The number of hydrogen-bond donors (Lipinski definition) is 1. The lowest BCUT2D eigenvalue weighted by Crippen LogP contribution is -1.99. The van der Waals surface area contributed by atoms with Crippen molar-refractivity contribution in [3.8, 4) is 0 Å². The van der Waals surface area contributed by atoms with E-state index in [2.05, 4.69) is 11.2 Å². The first-order valence-electron chi connectivity index (χ1n) is 3.43. The van der Waals surface area contributed by atoms with Crippen molar-refractivity contribution in [1.29, 1.82) is 0 Å². The summed E-state index contributed by atoms with van der Waals surface area (Å²) in [6, 6.07) is 3.56. The van der Waals surface area contributed by atoms with Crippen LogP contribution >= 0.6 is 0 Å². The Balaban J connectivity index is 2.39. The zero-order chi connectivity index (χ0) is 8.10. The minimum Gasteiger partial charge on any atom is -0.364 e. The van der Waals surface area contributed by atoms with E-state index in [1.807, 2.05) is 0 Å². The highest BCUT2D eigenvalue weighted by Crippen LogP contribution is 2.02. The van der Waals surface area contributed by atoms with Gasteiger partial charge >= 0.3 is 0 Å². The molecule has 0 aliphatic carbocycles. The molecule has 3 heteroatoms. The molecule has 0 amide bonds. The van der Waals surface area contributed by atoms with Crippen molar-refractivity contribution < 1.29 is 9.50 Å². The molecule has 1 unspecified atom stereocenters. The fourth-order valence-electron chi connectivity index (χ4n) is 0.774. The number of aryl methyl sites for hydroxylation is 1. The third-order valence-corrected chi connectivity index (χ3v) is 1.32. The molecule has 59 valence electrons. The molecule has 1 N–H and O–H groups in total. The maximum atomic E-state index is 11.9. The molecule has 1 rings (SSSR count). The van der Waals surface area contributed by atoms with Gasteiger partial charge in [0.25, 0.3) is 0 Å². The Bertz CT molecular complexity index is 201. The third-order valence-electron chi connectivity index (χ3n) is 1.32. The van der Waals surface area contributed by atoms with Crippen molar-refractivity contribution in [2.75, 3.05) is 0 Å². The van der Waals surface area contributed by atoms with Crippen LogP contribution in [0.2, 0.25) is 0 Å². The molecule has 1 aromatic rings.